The van der Waals surface area contributed by atoms with E-state index in [0.717, 1.165) is 33.7 Å². The van der Waals surface area contributed by atoms with Crippen LogP contribution in [0, 0.1) is 6.92 Å². The summed E-state index contributed by atoms with van der Waals surface area (Å²) in [4.78, 5) is 8.92. The smallest absolute Gasteiger partial charge is 0.140 e. The van der Waals surface area contributed by atoms with Crippen molar-refractivity contribution in [3.05, 3.63) is 47.8 Å². The molecule has 19 heavy (non-hydrogen) atoms. The Hall–Kier alpha value is -2.20. The second-order valence-corrected chi connectivity index (χ2v) is 4.71. The minimum atomic E-state index is 0.546. The van der Waals surface area contributed by atoms with E-state index in [2.05, 4.69) is 15.6 Å². The second-order valence-electron chi connectivity index (χ2n) is 4.71. The number of fused-ring (bicyclic) bond motifs is 1. The van der Waals surface area contributed by atoms with Crippen LogP contribution in [0.1, 0.15) is 11.3 Å². The number of aromatic nitrogens is 3. The highest BCUT2D eigenvalue weighted by Crippen LogP contribution is 2.24. The lowest BCUT2D eigenvalue weighted by atomic mass is 10.2. The maximum atomic E-state index is 5.69. The summed E-state index contributed by atoms with van der Waals surface area (Å²) in [5.74, 6) is 0.953. The molecule has 0 atom stereocenters. The zero-order valence-electron chi connectivity index (χ0n) is 11.1. The van der Waals surface area contributed by atoms with E-state index in [1.807, 2.05) is 44.4 Å². The van der Waals surface area contributed by atoms with Crippen LogP contribution in [0.5, 0.6) is 0 Å². The Bertz CT molecular complexity index is 743. The number of pyridine rings is 1. The Morgan fingerprint density at radius 2 is 2.05 bits per heavy atom. The van der Waals surface area contributed by atoms with Gasteiger partial charge in [0.05, 0.1) is 11.0 Å². The number of hydrogen-bond acceptors (Lipinski definition) is 3. The minimum absolute atomic E-state index is 0.546. The third kappa shape index (κ3) is 2.00. The van der Waals surface area contributed by atoms with Gasteiger partial charge in [0, 0.05) is 31.0 Å². The van der Waals surface area contributed by atoms with Crippen LogP contribution in [-0.2, 0) is 13.6 Å². The number of aryl methyl sites for hydroxylation is 2. The third-order valence-corrected chi connectivity index (χ3v) is 3.34. The van der Waals surface area contributed by atoms with Gasteiger partial charge in [-0.1, -0.05) is 6.07 Å². The van der Waals surface area contributed by atoms with E-state index in [1.165, 1.54) is 0 Å². The van der Waals surface area contributed by atoms with Gasteiger partial charge in [-0.15, -0.1) is 0 Å². The van der Waals surface area contributed by atoms with Gasteiger partial charge in [0.15, 0.2) is 0 Å². The van der Waals surface area contributed by atoms with Gasteiger partial charge in [-0.25, -0.2) is 4.98 Å². The molecule has 0 amide bonds. The van der Waals surface area contributed by atoms with Gasteiger partial charge in [-0.2, -0.15) is 0 Å². The number of rotatable bonds is 2. The normalized spacial score (nSPS) is 11.1. The third-order valence-electron chi connectivity index (χ3n) is 3.34. The van der Waals surface area contributed by atoms with Gasteiger partial charge < -0.3 is 10.3 Å². The SMILES string of the molecule is Cc1cc(-c2nc3ccc(CN)cc3n2C)ccn1. The molecule has 0 saturated heterocycles. The Balaban J connectivity index is 2.22. The molecular weight excluding hydrogens is 236 g/mol. The average Bonchev–Trinajstić information content (AvgIpc) is 2.76. The van der Waals surface area contributed by atoms with Crippen LogP contribution in [0.15, 0.2) is 36.5 Å². The van der Waals surface area contributed by atoms with E-state index in [-0.39, 0.29) is 0 Å². The van der Waals surface area contributed by atoms with Crippen molar-refractivity contribution in [2.24, 2.45) is 12.8 Å². The summed E-state index contributed by atoms with van der Waals surface area (Å²) in [5.41, 5.74) is 11.0. The fraction of sp³-hybridized carbons (Fsp3) is 0.200. The number of hydrogen-bond donors (Lipinski definition) is 1. The number of nitrogens with two attached hydrogens (primary N) is 1. The van der Waals surface area contributed by atoms with Crippen molar-refractivity contribution in [2.75, 3.05) is 0 Å². The van der Waals surface area contributed by atoms with Crippen molar-refractivity contribution < 1.29 is 0 Å². The largest absolute Gasteiger partial charge is 0.327 e. The van der Waals surface area contributed by atoms with Crippen LogP contribution in [-0.4, -0.2) is 14.5 Å². The molecule has 1 aromatic carbocycles. The molecule has 4 heteroatoms. The molecule has 0 aliphatic heterocycles. The van der Waals surface area contributed by atoms with E-state index in [9.17, 15) is 0 Å². The molecule has 3 rings (SSSR count). The molecule has 0 radical (unpaired) electrons. The van der Waals surface area contributed by atoms with Gasteiger partial charge >= 0.3 is 0 Å². The molecule has 0 aliphatic carbocycles. The summed E-state index contributed by atoms with van der Waals surface area (Å²) < 4.78 is 2.10. The Morgan fingerprint density at radius 1 is 1.21 bits per heavy atom. The summed E-state index contributed by atoms with van der Waals surface area (Å²) in [6, 6.07) is 10.2. The monoisotopic (exact) mass is 252 g/mol. The first kappa shape index (κ1) is 11.9. The van der Waals surface area contributed by atoms with Crippen molar-refractivity contribution in [1.82, 2.24) is 14.5 Å². The highest BCUT2D eigenvalue weighted by molar-refractivity contribution is 5.81. The molecule has 2 N–H and O–H groups in total. The maximum absolute atomic E-state index is 5.69. The standard InChI is InChI=1S/C15H16N4/c1-10-7-12(5-6-17-10)15-18-13-4-3-11(9-16)8-14(13)19(15)2/h3-8H,9,16H2,1-2H3. The molecule has 0 fully saturated rings. The zero-order chi connectivity index (χ0) is 13.4. The Morgan fingerprint density at radius 3 is 2.79 bits per heavy atom. The van der Waals surface area contributed by atoms with Gasteiger partial charge in [-0.3, -0.25) is 4.98 Å². The first-order valence-electron chi connectivity index (χ1n) is 6.27. The zero-order valence-corrected chi connectivity index (χ0v) is 11.1. The van der Waals surface area contributed by atoms with Crippen molar-refractivity contribution in [3.8, 4) is 11.4 Å². The molecule has 0 unspecified atom stereocenters. The van der Waals surface area contributed by atoms with Crippen LogP contribution in [0.2, 0.25) is 0 Å². The predicted molar refractivity (Wildman–Crippen MR) is 76.6 cm³/mol. The molecule has 0 saturated carbocycles. The van der Waals surface area contributed by atoms with Gasteiger partial charge in [0.1, 0.15) is 5.82 Å². The fourth-order valence-corrected chi connectivity index (χ4v) is 2.31. The summed E-state index contributed by atoms with van der Waals surface area (Å²) >= 11 is 0. The molecule has 96 valence electrons. The number of benzene rings is 1. The first-order chi connectivity index (χ1) is 9.19. The average molecular weight is 252 g/mol. The van der Waals surface area contributed by atoms with E-state index >= 15 is 0 Å². The first-order valence-corrected chi connectivity index (χ1v) is 6.27. The predicted octanol–water partition coefficient (Wildman–Crippen LogP) is 2.40. The van der Waals surface area contributed by atoms with Crippen LogP contribution >= 0.6 is 0 Å². The summed E-state index contributed by atoms with van der Waals surface area (Å²) in [7, 11) is 2.03. The van der Waals surface area contributed by atoms with Gasteiger partial charge in [-0.05, 0) is 36.8 Å². The lowest BCUT2D eigenvalue weighted by Gasteiger charge is -2.03. The quantitative estimate of drug-likeness (QED) is 0.762. The van der Waals surface area contributed by atoms with Crippen LogP contribution in [0.3, 0.4) is 0 Å². The molecule has 2 heterocycles. The van der Waals surface area contributed by atoms with Crippen molar-refractivity contribution in [2.45, 2.75) is 13.5 Å². The highest BCUT2D eigenvalue weighted by Gasteiger charge is 2.10. The summed E-state index contributed by atoms with van der Waals surface area (Å²) in [5, 5.41) is 0. The van der Waals surface area contributed by atoms with Crippen molar-refractivity contribution in [1.29, 1.82) is 0 Å². The minimum Gasteiger partial charge on any atom is -0.327 e. The van der Waals surface area contributed by atoms with Gasteiger partial charge in [0.25, 0.3) is 0 Å². The van der Waals surface area contributed by atoms with Crippen molar-refractivity contribution in [3.63, 3.8) is 0 Å². The second kappa shape index (κ2) is 4.48. The number of imidazole rings is 1. The van der Waals surface area contributed by atoms with E-state index < -0.39 is 0 Å². The summed E-state index contributed by atoms with van der Waals surface area (Å²) in [6.07, 6.45) is 1.81. The molecule has 4 nitrogen and oxygen atoms in total. The molecule has 3 aromatic rings. The van der Waals surface area contributed by atoms with E-state index in [4.69, 9.17) is 10.7 Å². The summed E-state index contributed by atoms with van der Waals surface area (Å²) in [6.45, 7) is 2.53. The molecule has 0 bridgehead atoms. The molecular formula is C15H16N4. The Kier molecular flexibility index (Phi) is 2.80. The lowest BCUT2D eigenvalue weighted by molar-refractivity contribution is 0.954. The highest BCUT2D eigenvalue weighted by atomic mass is 15.1. The van der Waals surface area contributed by atoms with Crippen LogP contribution in [0.25, 0.3) is 22.4 Å². The Labute approximate surface area is 111 Å². The topological polar surface area (TPSA) is 56.7 Å². The van der Waals surface area contributed by atoms with E-state index in [1.54, 1.807) is 0 Å². The maximum Gasteiger partial charge on any atom is 0.140 e. The number of nitrogens with zero attached hydrogens (tertiary/aromatic N) is 3. The van der Waals surface area contributed by atoms with Gasteiger partial charge in [0.2, 0.25) is 0 Å². The van der Waals surface area contributed by atoms with Crippen LogP contribution < -0.4 is 5.73 Å². The molecule has 0 aliphatic rings. The fourth-order valence-electron chi connectivity index (χ4n) is 2.31. The van der Waals surface area contributed by atoms with Crippen LogP contribution in [0.4, 0.5) is 0 Å². The lowest BCUT2D eigenvalue weighted by Crippen LogP contribution is -1.97. The molecule has 2 aromatic heterocycles. The van der Waals surface area contributed by atoms with E-state index in [0.29, 0.717) is 6.54 Å². The van der Waals surface area contributed by atoms with Crippen molar-refractivity contribution >= 4 is 11.0 Å². The molecule has 0 spiro atoms.